The number of hydrogen-bond acceptors (Lipinski definition) is 5. The number of aliphatic hydroxyl groups is 1. The molecule has 0 fully saturated rings. The van der Waals surface area contributed by atoms with Gasteiger partial charge in [0.15, 0.2) is 21.3 Å². The minimum atomic E-state index is -3.19. The molecule has 0 saturated carbocycles. The van der Waals surface area contributed by atoms with Crippen molar-refractivity contribution >= 4 is 20.9 Å². The number of para-hydroxylation sites is 2. The monoisotopic (exact) mass is 345 g/mol. The molecule has 0 radical (unpaired) electrons. The number of benzene rings is 2. The first-order chi connectivity index (χ1) is 11.6. The summed E-state index contributed by atoms with van der Waals surface area (Å²) in [7, 11) is -3.19. The van der Waals surface area contributed by atoms with Gasteiger partial charge in [-0.25, -0.2) is 13.4 Å². The zero-order valence-electron chi connectivity index (χ0n) is 13.2. The van der Waals surface area contributed by atoms with E-state index in [2.05, 4.69) is 4.98 Å². The lowest BCUT2D eigenvalue weighted by Gasteiger charge is -2.05. The summed E-state index contributed by atoms with van der Waals surface area (Å²) in [5.41, 5.74) is 3.01. The second-order valence-corrected chi connectivity index (χ2v) is 7.93. The number of sulfone groups is 1. The standard InChI is InChI=1S/C18H19NO4S/c20-12-14-7-9-15(10-8-14)13-24(21,22)11-3-6-18-19-16-4-1-2-5-17(16)23-18/h1-2,4-5,7-10,20H,3,6,11-13H2. The van der Waals surface area contributed by atoms with Crippen molar-refractivity contribution in [2.45, 2.75) is 25.2 Å². The molecule has 0 aliphatic heterocycles. The first kappa shape index (κ1) is 16.7. The Labute approximate surface area is 140 Å². The van der Waals surface area contributed by atoms with Crippen LogP contribution >= 0.6 is 0 Å². The molecule has 1 N–H and O–H groups in total. The van der Waals surface area contributed by atoms with Gasteiger partial charge in [-0.05, 0) is 29.7 Å². The molecular weight excluding hydrogens is 326 g/mol. The third kappa shape index (κ3) is 4.21. The van der Waals surface area contributed by atoms with Crippen LogP contribution < -0.4 is 0 Å². The van der Waals surface area contributed by atoms with Crippen LogP contribution in [0.15, 0.2) is 52.9 Å². The highest BCUT2D eigenvalue weighted by molar-refractivity contribution is 7.90. The minimum Gasteiger partial charge on any atom is -0.441 e. The number of oxazole rings is 1. The lowest BCUT2D eigenvalue weighted by molar-refractivity contribution is 0.282. The summed E-state index contributed by atoms with van der Waals surface area (Å²) >= 11 is 0. The third-order valence-electron chi connectivity index (χ3n) is 3.78. The molecular formula is C18H19NO4S. The van der Waals surface area contributed by atoms with Crippen molar-refractivity contribution in [1.29, 1.82) is 0 Å². The van der Waals surface area contributed by atoms with Gasteiger partial charge in [0.25, 0.3) is 0 Å². The second-order valence-electron chi connectivity index (χ2n) is 5.75. The maximum atomic E-state index is 12.2. The van der Waals surface area contributed by atoms with Crippen LogP contribution in [0.3, 0.4) is 0 Å². The highest BCUT2D eigenvalue weighted by Gasteiger charge is 2.13. The summed E-state index contributed by atoms with van der Waals surface area (Å²) < 4.78 is 30.0. The Kier molecular flexibility index (Phi) is 4.97. The molecule has 3 aromatic rings. The Balaban J connectivity index is 1.56. The number of aromatic nitrogens is 1. The molecule has 0 spiro atoms. The van der Waals surface area contributed by atoms with Crippen LogP contribution in [-0.4, -0.2) is 24.3 Å². The molecule has 0 unspecified atom stereocenters. The highest BCUT2D eigenvalue weighted by atomic mass is 32.2. The topological polar surface area (TPSA) is 80.4 Å². The highest BCUT2D eigenvalue weighted by Crippen LogP contribution is 2.16. The van der Waals surface area contributed by atoms with Gasteiger partial charge >= 0.3 is 0 Å². The molecule has 126 valence electrons. The second kappa shape index (κ2) is 7.15. The molecule has 0 aliphatic rings. The van der Waals surface area contributed by atoms with Crippen LogP contribution in [0.5, 0.6) is 0 Å². The first-order valence-corrected chi connectivity index (χ1v) is 9.61. The van der Waals surface area contributed by atoms with Crippen molar-refractivity contribution in [1.82, 2.24) is 4.98 Å². The number of hydrogen-bond donors (Lipinski definition) is 1. The third-order valence-corrected chi connectivity index (χ3v) is 5.46. The zero-order chi connectivity index (χ0) is 17.0. The van der Waals surface area contributed by atoms with Crippen LogP contribution in [0.2, 0.25) is 0 Å². The van der Waals surface area contributed by atoms with Crippen molar-refractivity contribution < 1.29 is 17.9 Å². The maximum absolute atomic E-state index is 12.2. The predicted octanol–water partition coefficient (Wildman–Crippen LogP) is 2.87. The fourth-order valence-corrected chi connectivity index (χ4v) is 3.97. The summed E-state index contributed by atoms with van der Waals surface area (Å²) in [6, 6.07) is 14.4. The molecule has 1 aromatic heterocycles. The Morgan fingerprint density at radius 3 is 2.42 bits per heavy atom. The van der Waals surface area contributed by atoms with Crippen molar-refractivity contribution in [3.05, 3.63) is 65.5 Å². The van der Waals surface area contributed by atoms with E-state index in [1.807, 2.05) is 24.3 Å². The molecule has 0 saturated heterocycles. The van der Waals surface area contributed by atoms with E-state index in [0.29, 0.717) is 18.7 Å². The van der Waals surface area contributed by atoms with E-state index in [1.165, 1.54) is 0 Å². The quantitative estimate of drug-likeness (QED) is 0.712. The number of nitrogens with zero attached hydrogens (tertiary/aromatic N) is 1. The molecule has 6 heteroatoms. The lowest BCUT2D eigenvalue weighted by Crippen LogP contribution is -2.10. The van der Waals surface area contributed by atoms with Crippen molar-refractivity contribution in [2.24, 2.45) is 0 Å². The van der Waals surface area contributed by atoms with E-state index in [0.717, 1.165) is 22.2 Å². The van der Waals surface area contributed by atoms with Gasteiger partial charge in [-0.2, -0.15) is 0 Å². The summed E-state index contributed by atoms with van der Waals surface area (Å²) in [5.74, 6) is 0.665. The zero-order valence-corrected chi connectivity index (χ0v) is 14.0. The SMILES string of the molecule is O=S(=O)(CCCc1nc2ccccc2o1)Cc1ccc(CO)cc1. The molecule has 3 rings (SSSR count). The molecule has 0 aliphatic carbocycles. The largest absolute Gasteiger partial charge is 0.441 e. The van der Waals surface area contributed by atoms with E-state index in [4.69, 9.17) is 9.52 Å². The maximum Gasteiger partial charge on any atom is 0.195 e. The molecule has 0 bridgehead atoms. The van der Waals surface area contributed by atoms with Gasteiger partial charge in [0.2, 0.25) is 0 Å². The predicted molar refractivity (Wildman–Crippen MR) is 92.2 cm³/mol. The molecule has 1 heterocycles. The van der Waals surface area contributed by atoms with Gasteiger partial charge in [-0.1, -0.05) is 36.4 Å². The fourth-order valence-electron chi connectivity index (χ4n) is 2.54. The van der Waals surface area contributed by atoms with Gasteiger partial charge in [-0.3, -0.25) is 0 Å². The number of rotatable bonds is 7. The summed E-state index contributed by atoms with van der Waals surface area (Å²) in [4.78, 5) is 4.35. The van der Waals surface area contributed by atoms with Crippen molar-refractivity contribution in [3.8, 4) is 0 Å². The van der Waals surface area contributed by atoms with Gasteiger partial charge in [0.05, 0.1) is 18.1 Å². The number of aliphatic hydroxyl groups excluding tert-OH is 1. The molecule has 0 atom stereocenters. The Morgan fingerprint density at radius 1 is 1.00 bits per heavy atom. The van der Waals surface area contributed by atoms with Crippen LogP contribution in [0.4, 0.5) is 0 Å². The Bertz CT molecular complexity index is 881. The summed E-state index contributed by atoms with van der Waals surface area (Å²) in [5, 5.41) is 9.00. The average molecular weight is 345 g/mol. The number of aryl methyl sites for hydroxylation is 1. The van der Waals surface area contributed by atoms with Crippen LogP contribution in [-0.2, 0) is 28.6 Å². The fraction of sp³-hybridized carbons (Fsp3) is 0.278. The summed E-state index contributed by atoms with van der Waals surface area (Å²) in [6.07, 6.45) is 0.973. The smallest absolute Gasteiger partial charge is 0.195 e. The van der Waals surface area contributed by atoms with Crippen molar-refractivity contribution in [3.63, 3.8) is 0 Å². The first-order valence-electron chi connectivity index (χ1n) is 7.79. The van der Waals surface area contributed by atoms with E-state index < -0.39 is 9.84 Å². The minimum absolute atomic E-state index is 0.00622. The molecule has 24 heavy (non-hydrogen) atoms. The van der Waals surface area contributed by atoms with Gasteiger partial charge in [0, 0.05) is 6.42 Å². The van der Waals surface area contributed by atoms with E-state index >= 15 is 0 Å². The van der Waals surface area contributed by atoms with Crippen LogP contribution in [0.25, 0.3) is 11.1 Å². The van der Waals surface area contributed by atoms with Gasteiger partial charge < -0.3 is 9.52 Å². The van der Waals surface area contributed by atoms with Crippen LogP contribution in [0, 0.1) is 0 Å². The van der Waals surface area contributed by atoms with E-state index in [1.54, 1.807) is 24.3 Å². The van der Waals surface area contributed by atoms with Gasteiger partial charge in [0.1, 0.15) is 5.52 Å². The van der Waals surface area contributed by atoms with Crippen molar-refractivity contribution in [2.75, 3.05) is 5.75 Å². The van der Waals surface area contributed by atoms with E-state index in [-0.39, 0.29) is 18.1 Å². The number of fused-ring (bicyclic) bond motifs is 1. The normalized spacial score (nSPS) is 11.9. The Morgan fingerprint density at radius 2 is 1.71 bits per heavy atom. The molecule has 2 aromatic carbocycles. The lowest BCUT2D eigenvalue weighted by atomic mass is 10.2. The summed E-state index contributed by atoms with van der Waals surface area (Å²) in [6.45, 7) is -0.0441. The molecule has 0 amide bonds. The van der Waals surface area contributed by atoms with Gasteiger partial charge in [-0.15, -0.1) is 0 Å². The van der Waals surface area contributed by atoms with E-state index in [9.17, 15) is 8.42 Å². The average Bonchev–Trinajstić information content (AvgIpc) is 2.97. The van der Waals surface area contributed by atoms with Crippen LogP contribution in [0.1, 0.15) is 23.4 Å². The Hall–Kier alpha value is -2.18. The molecule has 5 nitrogen and oxygen atoms in total.